The molecule has 0 aliphatic rings. The molecular weight excluding hydrogens is 392 g/mol. The summed E-state index contributed by atoms with van der Waals surface area (Å²) in [7, 11) is 0. The van der Waals surface area contributed by atoms with E-state index in [1.807, 2.05) is 26.8 Å². The van der Waals surface area contributed by atoms with Crippen LogP contribution in [-0.2, 0) is 11.3 Å². The van der Waals surface area contributed by atoms with Gasteiger partial charge < -0.3 is 10.6 Å². The van der Waals surface area contributed by atoms with Gasteiger partial charge in [0.2, 0.25) is 5.91 Å². The molecule has 2 N–H and O–H groups in total. The molecule has 152 valence electrons. The zero-order chi connectivity index (χ0) is 21.1. The van der Waals surface area contributed by atoms with Gasteiger partial charge in [-0.05, 0) is 52.0 Å². The van der Waals surface area contributed by atoms with E-state index in [2.05, 4.69) is 20.8 Å². The van der Waals surface area contributed by atoms with Gasteiger partial charge in [0, 0.05) is 24.1 Å². The Morgan fingerprint density at radius 2 is 1.97 bits per heavy atom. The maximum Gasteiger partial charge on any atom is 0.258 e. The summed E-state index contributed by atoms with van der Waals surface area (Å²) in [5.74, 6) is -0.516. The second-order valence-electron chi connectivity index (χ2n) is 6.77. The Kier molecular flexibility index (Phi) is 6.03. The van der Waals surface area contributed by atoms with Crippen LogP contribution in [0.4, 0.5) is 11.4 Å². The molecule has 1 unspecified atom stereocenters. The minimum absolute atomic E-state index is 0.234. The minimum atomic E-state index is -0.491. The van der Waals surface area contributed by atoms with Crippen molar-refractivity contribution in [2.45, 2.75) is 40.3 Å². The van der Waals surface area contributed by atoms with E-state index in [1.54, 1.807) is 40.7 Å². The molecule has 0 saturated heterocycles. The minimum Gasteiger partial charge on any atom is -0.323 e. The first kappa shape index (κ1) is 20.6. The molecule has 2 heterocycles. The van der Waals surface area contributed by atoms with Crippen LogP contribution in [0.3, 0.4) is 0 Å². The zero-order valence-corrected chi connectivity index (χ0v) is 17.5. The van der Waals surface area contributed by atoms with Gasteiger partial charge in [-0.3, -0.25) is 19.0 Å². The fourth-order valence-corrected chi connectivity index (χ4v) is 3.17. The molecule has 8 nitrogen and oxygen atoms in total. The van der Waals surface area contributed by atoms with Crippen LogP contribution in [0.25, 0.3) is 0 Å². The molecule has 0 aliphatic carbocycles. The van der Waals surface area contributed by atoms with E-state index < -0.39 is 6.04 Å². The summed E-state index contributed by atoms with van der Waals surface area (Å²) >= 11 is 6.31. The molecule has 2 amide bonds. The van der Waals surface area contributed by atoms with Crippen LogP contribution in [0.2, 0.25) is 5.02 Å². The highest BCUT2D eigenvalue weighted by molar-refractivity contribution is 6.34. The Labute approximate surface area is 173 Å². The normalized spacial score (nSPS) is 11.9. The van der Waals surface area contributed by atoms with E-state index in [1.165, 1.54) is 6.20 Å². The number of amides is 2. The molecular formula is C20H23ClN6O2. The molecule has 29 heavy (non-hydrogen) atoms. The average molecular weight is 415 g/mol. The summed E-state index contributed by atoms with van der Waals surface area (Å²) in [6.07, 6.45) is 3.18. The summed E-state index contributed by atoms with van der Waals surface area (Å²) < 4.78 is 3.34. The van der Waals surface area contributed by atoms with Gasteiger partial charge in [0.1, 0.15) is 6.04 Å². The number of nitrogens with zero attached hydrogens (tertiary/aromatic N) is 4. The lowest BCUT2D eigenvalue weighted by Crippen LogP contribution is -2.25. The summed E-state index contributed by atoms with van der Waals surface area (Å²) in [6.45, 7) is 8.18. The molecule has 1 aromatic carbocycles. The number of carbonyl (C=O) groups is 2. The lowest BCUT2D eigenvalue weighted by molar-refractivity contribution is -0.119. The van der Waals surface area contributed by atoms with Crippen LogP contribution in [0.1, 0.15) is 41.6 Å². The van der Waals surface area contributed by atoms with Crippen LogP contribution < -0.4 is 10.6 Å². The molecule has 0 bridgehead atoms. The van der Waals surface area contributed by atoms with E-state index >= 15 is 0 Å². The zero-order valence-electron chi connectivity index (χ0n) is 16.7. The standard InChI is InChI=1S/C20H23ClN6O2/c1-5-26-11-15(10-22-26)20(29)23-16-6-7-18(17(21)9-16)24-19(28)14(4)27-13(3)8-12(2)25-27/h6-11,14H,5H2,1-4H3,(H,23,29)(H,24,28). The van der Waals surface area contributed by atoms with Crippen molar-refractivity contribution in [2.24, 2.45) is 0 Å². The van der Waals surface area contributed by atoms with E-state index in [0.717, 1.165) is 11.4 Å². The number of nitrogens with one attached hydrogen (secondary N) is 2. The monoisotopic (exact) mass is 414 g/mol. The number of anilines is 2. The fourth-order valence-electron chi connectivity index (χ4n) is 2.94. The number of benzene rings is 1. The van der Waals surface area contributed by atoms with Crippen LogP contribution >= 0.6 is 11.6 Å². The van der Waals surface area contributed by atoms with Crippen molar-refractivity contribution in [1.29, 1.82) is 0 Å². The Bertz CT molecular complexity index is 1060. The summed E-state index contributed by atoms with van der Waals surface area (Å²) in [4.78, 5) is 24.9. The number of halogens is 1. The number of carbonyl (C=O) groups excluding carboxylic acids is 2. The molecule has 1 atom stereocenters. The maximum atomic E-state index is 12.6. The summed E-state index contributed by atoms with van der Waals surface area (Å²) in [5, 5.41) is 14.3. The van der Waals surface area contributed by atoms with Gasteiger partial charge >= 0.3 is 0 Å². The largest absolute Gasteiger partial charge is 0.323 e. The molecule has 0 spiro atoms. The summed E-state index contributed by atoms with van der Waals surface area (Å²) in [6, 6.07) is 6.34. The Morgan fingerprint density at radius 3 is 2.55 bits per heavy atom. The van der Waals surface area contributed by atoms with Crippen molar-refractivity contribution in [1.82, 2.24) is 19.6 Å². The second-order valence-corrected chi connectivity index (χ2v) is 7.18. The first-order valence-corrected chi connectivity index (χ1v) is 9.63. The van der Waals surface area contributed by atoms with Crippen molar-refractivity contribution >= 4 is 34.8 Å². The number of aryl methyl sites for hydroxylation is 3. The quantitative estimate of drug-likeness (QED) is 0.641. The van der Waals surface area contributed by atoms with Crippen molar-refractivity contribution in [3.8, 4) is 0 Å². The Hall–Kier alpha value is -3.13. The van der Waals surface area contributed by atoms with Crippen LogP contribution in [0.15, 0.2) is 36.7 Å². The van der Waals surface area contributed by atoms with Crippen LogP contribution in [-0.4, -0.2) is 31.4 Å². The number of rotatable bonds is 6. The predicted octanol–water partition coefficient (Wildman–Crippen LogP) is 3.82. The van der Waals surface area contributed by atoms with E-state index in [9.17, 15) is 9.59 Å². The van der Waals surface area contributed by atoms with Crippen molar-refractivity contribution in [2.75, 3.05) is 10.6 Å². The predicted molar refractivity (Wildman–Crippen MR) is 112 cm³/mol. The Balaban J connectivity index is 1.68. The molecule has 2 aromatic heterocycles. The van der Waals surface area contributed by atoms with Gasteiger partial charge in [0.05, 0.1) is 28.2 Å². The Morgan fingerprint density at radius 1 is 1.21 bits per heavy atom. The van der Waals surface area contributed by atoms with Gasteiger partial charge in [-0.1, -0.05) is 11.6 Å². The molecule has 0 aliphatic heterocycles. The molecule has 3 rings (SSSR count). The number of aromatic nitrogens is 4. The average Bonchev–Trinajstić information content (AvgIpc) is 3.29. The molecule has 3 aromatic rings. The topological polar surface area (TPSA) is 93.8 Å². The van der Waals surface area contributed by atoms with Crippen molar-refractivity contribution in [3.05, 3.63) is 58.6 Å². The van der Waals surface area contributed by atoms with E-state index in [4.69, 9.17) is 11.6 Å². The smallest absolute Gasteiger partial charge is 0.258 e. The van der Waals surface area contributed by atoms with Crippen LogP contribution in [0.5, 0.6) is 0 Å². The highest BCUT2D eigenvalue weighted by Crippen LogP contribution is 2.27. The van der Waals surface area contributed by atoms with E-state index in [0.29, 0.717) is 28.5 Å². The van der Waals surface area contributed by atoms with Gasteiger partial charge in [-0.2, -0.15) is 10.2 Å². The summed E-state index contributed by atoms with van der Waals surface area (Å²) in [5.41, 5.74) is 3.19. The lowest BCUT2D eigenvalue weighted by Gasteiger charge is -2.15. The maximum absolute atomic E-state index is 12.6. The third kappa shape index (κ3) is 4.65. The van der Waals surface area contributed by atoms with Crippen molar-refractivity contribution < 1.29 is 9.59 Å². The van der Waals surface area contributed by atoms with Crippen LogP contribution in [0, 0.1) is 13.8 Å². The highest BCUT2D eigenvalue weighted by Gasteiger charge is 2.19. The molecule has 9 heteroatoms. The van der Waals surface area contributed by atoms with Crippen molar-refractivity contribution in [3.63, 3.8) is 0 Å². The molecule has 0 saturated carbocycles. The molecule has 0 fully saturated rings. The third-order valence-corrected chi connectivity index (χ3v) is 4.81. The first-order chi connectivity index (χ1) is 13.8. The third-order valence-electron chi connectivity index (χ3n) is 4.50. The second kappa shape index (κ2) is 8.48. The SMILES string of the molecule is CCn1cc(C(=O)Nc2ccc(NC(=O)C(C)n3nc(C)cc3C)c(Cl)c2)cn1. The lowest BCUT2D eigenvalue weighted by atomic mass is 10.2. The highest BCUT2D eigenvalue weighted by atomic mass is 35.5. The number of hydrogen-bond acceptors (Lipinski definition) is 4. The van der Waals surface area contributed by atoms with E-state index in [-0.39, 0.29) is 11.8 Å². The van der Waals surface area contributed by atoms with Gasteiger partial charge in [0.25, 0.3) is 5.91 Å². The number of hydrogen-bond donors (Lipinski definition) is 2. The van der Waals surface area contributed by atoms with Gasteiger partial charge in [-0.25, -0.2) is 0 Å². The first-order valence-electron chi connectivity index (χ1n) is 9.25. The fraction of sp³-hybridized carbons (Fsp3) is 0.300. The van der Waals surface area contributed by atoms with Gasteiger partial charge in [0.15, 0.2) is 0 Å². The molecule has 0 radical (unpaired) electrons. The van der Waals surface area contributed by atoms with Gasteiger partial charge in [-0.15, -0.1) is 0 Å².